The lowest BCUT2D eigenvalue weighted by Crippen LogP contribution is -2.53. The van der Waals surface area contributed by atoms with Gasteiger partial charge in [0.05, 0.1) is 25.5 Å². The number of rotatable bonds is 5. The highest BCUT2D eigenvalue weighted by molar-refractivity contribution is 6.15. The van der Waals surface area contributed by atoms with Crippen LogP contribution in [0, 0.1) is 11.8 Å². The van der Waals surface area contributed by atoms with E-state index in [0.29, 0.717) is 22.6 Å². The highest BCUT2D eigenvalue weighted by Gasteiger charge is 2.70. The Kier molecular flexibility index (Phi) is 4.52. The summed E-state index contributed by atoms with van der Waals surface area (Å²) in [5, 5.41) is 5.98. The van der Waals surface area contributed by atoms with Gasteiger partial charge in [0.1, 0.15) is 11.3 Å². The van der Waals surface area contributed by atoms with E-state index in [1.807, 2.05) is 0 Å². The molecule has 0 aromatic heterocycles. The Morgan fingerprint density at radius 1 is 1.09 bits per heavy atom. The van der Waals surface area contributed by atoms with Crippen molar-refractivity contribution in [1.82, 2.24) is 10.2 Å². The Balaban J connectivity index is 1.60. The Morgan fingerprint density at radius 2 is 1.81 bits per heavy atom. The Morgan fingerprint density at radius 3 is 2.56 bits per heavy atom. The van der Waals surface area contributed by atoms with E-state index in [2.05, 4.69) is 10.6 Å². The molecule has 3 aliphatic rings. The van der Waals surface area contributed by atoms with E-state index in [1.165, 1.54) is 7.11 Å². The highest BCUT2D eigenvalue weighted by Crippen LogP contribution is 2.53. The quantitative estimate of drug-likeness (QED) is 0.587. The first-order valence-corrected chi connectivity index (χ1v) is 10.3. The van der Waals surface area contributed by atoms with Crippen molar-refractivity contribution in [1.29, 1.82) is 0 Å². The number of nitrogens with two attached hydrogens (primary N) is 1. The fourth-order valence-electron chi connectivity index (χ4n) is 5.37. The molecule has 5 rings (SSSR count). The van der Waals surface area contributed by atoms with Crippen molar-refractivity contribution in [2.75, 3.05) is 12.4 Å². The first-order valence-electron chi connectivity index (χ1n) is 10.3. The predicted molar refractivity (Wildman–Crippen MR) is 113 cm³/mol. The molecular weight excluding hydrogens is 412 g/mol. The second-order valence-electron chi connectivity index (χ2n) is 8.31. The summed E-state index contributed by atoms with van der Waals surface area (Å²) in [6, 6.07) is 13.4. The van der Waals surface area contributed by atoms with Gasteiger partial charge < -0.3 is 15.8 Å². The van der Waals surface area contributed by atoms with E-state index < -0.39 is 47.0 Å². The van der Waals surface area contributed by atoms with Crippen LogP contribution in [-0.4, -0.2) is 41.7 Å². The number of ether oxygens (including phenoxy) is 1. The molecule has 0 unspecified atom stereocenters. The van der Waals surface area contributed by atoms with Crippen molar-refractivity contribution in [3.8, 4) is 5.75 Å². The molecule has 32 heavy (non-hydrogen) atoms. The third kappa shape index (κ3) is 2.67. The largest absolute Gasteiger partial charge is 0.496 e. The molecule has 4 N–H and O–H groups in total. The van der Waals surface area contributed by atoms with E-state index in [1.54, 1.807) is 48.5 Å². The number of amides is 4. The number of nitrogens with zero attached hydrogens (tertiary/aromatic N) is 1. The van der Waals surface area contributed by atoms with Crippen LogP contribution in [0.2, 0.25) is 0 Å². The van der Waals surface area contributed by atoms with E-state index in [0.717, 1.165) is 4.90 Å². The minimum atomic E-state index is -1.44. The minimum Gasteiger partial charge on any atom is -0.496 e. The highest BCUT2D eigenvalue weighted by atomic mass is 16.5. The molecule has 1 spiro atoms. The molecule has 9 nitrogen and oxygen atoms in total. The van der Waals surface area contributed by atoms with Gasteiger partial charge in [0.15, 0.2) is 0 Å². The zero-order chi connectivity index (χ0) is 22.6. The number of hydrogen-bond donors (Lipinski definition) is 3. The summed E-state index contributed by atoms with van der Waals surface area (Å²) in [4.78, 5) is 53.4. The van der Waals surface area contributed by atoms with Crippen LogP contribution >= 0.6 is 0 Å². The fraction of sp³-hybridized carbons (Fsp3) is 0.304. The van der Waals surface area contributed by atoms with Crippen LogP contribution < -0.4 is 21.1 Å². The number of carbonyl (C=O) groups is 4. The molecule has 0 aliphatic carbocycles. The van der Waals surface area contributed by atoms with Gasteiger partial charge in [0, 0.05) is 29.3 Å². The van der Waals surface area contributed by atoms with Gasteiger partial charge in [-0.2, -0.15) is 0 Å². The maximum Gasteiger partial charge on any atom is 0.250 e. The van der Waals surface area contributed by atoms with Crippen molar-refractivity contribution in [2.45, 2.75) is 24.5 Å². The lowest BCUT2D eigenvalue weighted by Gasteiger charge is -2.29. The number of fused-ring (bicyclic) bond motifs is 4. The Bertz CT molecular complexity index is 1160. The maximum atomic E-state index is 13.7. The molecule has 3 heterocycles. The van der Waals surface area contributed by atoms with Crippen molar-refractivity contribution < 1.29 is 23.9 Å². The van der Waals surface area contributed by atoms with Crippen LogP contribution in [0.3, 0.4) is 0 Å². The predicted octanol–water partition coefficient (Wildman–Crippen LogP) is 0.491. The first-order chi connectivity index (χ1) is 15.4. The van der Waals surface area contributed by atoms with Gasteiger partial charge in [-0.1, -0.05) is 36.4 Å². The molecule has 2 aromatic carbocycles. The fourth-order valence-corrected chi connectivity index (χ4v) is 5.37. The number of hydrogen-bond acceptors (Lipinski definition) is 6. The molecule has 0 radical (unpaired) electrons. The second kappa shape index (κ2) is 7.16. The second-order valence-corrected chi connectivity index (χ2v) is 8.31. The average molecular weight is 434 g/mol. The van der Waals surface area contributed by atoms with E-state index in [-0.39, 0.29) is 13.0 Å². The van der Waals surface area contributed by atoms with Crippen LogP contribution in [-0.2, 0) is 31.3 Å². The zero-order valence-electron chi connectivity index (χ0n) is 17.3. The van der Waals surface area contributed by atoms with Crippen molar-refractivity contribution in [3.05, 3.63) is 59.7 Å². The van der Waals surface area contributed by atoms with Gasteiger partial charge in [-0.05, 0) is 12.1 Å². The number of primary amides is 1. The van der Waals surface area contributed by atoms with Crippen molar-refractivity contribution >= 4 is 29.3 Å². The molecule has 164 valence electrons. The van der Waals surface area contributed by atoms with Crippen molar-refractivity contribution in [3.63, 3.8) is 0 Å². The Labute approximate surface area is 183 Å². The van der Waals surface area contributed by atoms with Gasteiger partial charge in [-0.15, -0.1) is 0 Å². The summed E-state index contributed by atoms with van der Waals surface area (Å²) in [5.74, 6) is -3.25. The van der Waals surface area contributed by atoms with Crippen LogP contribution in [0.25, 0.3) is 0 Å². The topological polar surface area (TPSA) is 131 Å². The Hall–Kier alpha value is -3.72. The molecule has 3 aliphatic heterocycles. The van der Waals surface area contributed by atoms with E-state index in [4.69, 9.17) is 10.5 Å². The van der Waals surface area contributed by atoms with Crippen molar-refractivity contribution in [2.24, 2.45) is 17.6 Å². The summed E-state index contributed by atoms with van der Waals surface area (Å²) in [6.45, 7) is 0.0112. The zero-order valence-corrected chi connectivity index (χ0v) is 17.3. The SMILES string of the molecule is COc1ccccc1CN1C(=O)[C@@H]2[C@H](CC(N)=O)N[C@]3(C(=O)Nc4ccccc43)[C@@H]2C1=O. The molecular formula is C23H22N4O5. The van der Waals surface area contributed by atoms with Gasteiger partial charge >= 0.3 is 0 Å². The lowest BCUT2D eigenvalue weighted by atomic mass is 9.76. The normalized spacial score (nSPS) is 28.1. The molecule has 4 amide bonds. The number of carbonyl (C=O) groups excluding carboxylic acids is 4. The number of methoxy groups -OCH3 is 1. The third-order valence-corrected chi connectivity index (χ3v) is 6.66. The summed E-state index contributed by atoms with van der Waals surface area (Å²) in [6.07, 6.45) is -0.167. The third-order valence-electron chi connectivity index (χ3n) is 6.66. The molecule has 2 fully saturated rings. The first kappa shape index (κ1) is 20.2. The number of likely N-dealkylation sites (tertiary alicyclic amines) is 1. The number of benzene rings is 2. The number of imide groups is 1. The van der Waals surface area contributed by atoms with E-state index >= 15 is 0 Å². The van der Waals surface area contributed by atoms with Crippen LogP contribution in [0.15, 0.2) is 48.5 Å². The van der Waals surface area contributed by atoms with Crippen LogP contribution in [0.1, 0.15) is 17.5 Å². The summed E-state index contributed by atoms with van der Waals surface area (Å²) in [7, 11) is 1.52. The van der Waals surface area contributed by atoms with E-state index in [9.17, 15) is 19.2 Å². The summed E-state index contributed by atoms with van der Waals surface area (Å²) < 4.78 is 5.36. The minimum absolute atomic E-state index is 0.0112. The molecule has 0 bridgehead atoms. The van der Waals surface area contributed by atoms with Gasteiger partial charge in [0.2, 0.25) is 23.6 Å². The standard InChI is InChI=1S/C23H22N4O5/c1-32-16-9-5-2-6-12(16)11-27-20(29)18-15(10-17(24)28)26-23(19(18)21(27)30)13-7-3-4-8-14(13)25-22(23)31/h2-9,15,18-19,26H,10-11H2,1H3,(H2,24,28)(H,25,31)/t15-,18+,19-,23-/m0/s1. The lowest BCUT2D eigenvalue weighted by molar-refractivity contribution is -0.143. The number of anilines is 1. The monoisotopic (exact) mass is 434 g/mol. The van der Waals surface area contributed by atoms with Gasteiger partial charge in [0.25, 0.3) is 0 Å². The smallest absolute Gasteiger partial charge is 0.250 e. The number of nitrogens with one attached hydrogen (secondary N) is 2. The summed E-state index contributed by atoms with van der Waals surface area (Å²) in [5.41, 5.74) is 5.83. The molecule has 2 aromatic rings. The molecule has 9 heteroatoms. The van der Waals surface area contributed by atoms with Gasteiger partial charge in [-0.3, -0.25) is 29.4 Å². The molecule has 2 saturated heterocycles. The molecule has 0 saturated carbocycles. The van der Waals surface area contributed by atoms with Crippen LogP contribution in [0.5, 0.6) is 5.75 Å². The summed E-state index contributed by atoms with van der Waals surface area (Å²) >= 11 is 0. The molecule has 4 atom stereocenters. The maximum absolute atomic E-state index is 13.7. The average Bonchev–Trinajstić information content (AvgIpc) is 3.34. The number of para-hydroxylation sites is 2. The van der Waals surface area contributed by atoms with Crippen LogP contribution in [0.4, 0.5) is 5.69 Å². The van der Waals surface area contributed by atoms with Gasteiger partial charge in [-0.25, -0.2) is 0 Å².